The molecule has 0 aromatic carbocycles. The highest BCUT2D eigenvalue weighted by atomic mass is 32.2. The lowest BCUT2D eigenvalue weighted by molar-refractivity contribution is -0.886. The van der Waals surface area contributed by atoms with Crippen molar-refractivity contribution in [3.05, 3.63) is 12.2 Å². The summed E-state index contributed by atoms with van der Waals surface area (Å²) in [5, 5.41) is 0. The van der Waals surface area contributed by atoms with Crippen LogP contribution in [0.5, 0.6) is 0 Å². The molecule has 0 aromatic heterocycles. The van der Waals surface area contributed by atoms with Gasteiger partial charge in [0.15, 0.2) is 12.5 Å². The summed E-state index contributed by atoms with van der Waals surface area (Å²) in [7, 11) is -1.50. The third-order valence-electron chi connectivity index (χ3n) is 1.93. The van der Waals surface area contributed by atoms with Crippen LogP contribution in [0.25, 0.3) is 0 Å². The van der Waals surface area contributed by atoms with Gasteiger partial charge in [0.1, 0.15) is 10.1 Å². The maximum atomic E-state index is 11.2. The van der Waals surface area contributed by atoms with Gasteiger partial charge in [-0.05, 0) is 0 Å². The van der Waals surface area contributed by atoms with Crippen molar-refractivity contribution in [3.63, 3.8) is 0 Å². The number of carbonyl (C=O) groups is 2. The Balaban J connectivity index is 0.00000256. The molecular weight excluding hydrogens is 248 g/mol. The predicted molar refractivity (Wildman–Crippen MR) is 59.3 cm³/mol. The Labute approximate surface area is 101 Å². The Kier molecular flexibility index (Phi) is 4.58. The van der Waals surface area contributed by atoms with Gasteiger partial charge in [-0.3, -0.25) is 14.1 Å². The van der Waals surface area contributed by atoms with E-state index in [0.29, 0.717) is 0 Å². The third kappa shape index (κ3) is 4.63. The van der Waals surface area contributed by atoms with Gasteiger partial charge in [-0.15, -0.1) is 0 Å². The predicted octanol–water partition coefficient (Wildman–Crippen LogP) is -0.916. The van der Waals surface area contributed by atoms with Gasteiger partial charge in [0.2, 0.25) is 0 Å². The fourth-order valence-electron chi connectivity index (χ4n) is 1.42. The molecule has 0 spiro atoms. The molecular formula is C9H16N2O5S. The van der Waals surface area contributed by atoms with Crippen molar-refractivity contribution >= 4 is 21.9 Å². The molecule has 0 fully saturated rings. The van der Waals surface area contributed by atoms with Crippen LogP contribution in [-0.2, 0) is 19.7 Å². The van der Waals surface area contributed by atoms with Crippen LogP contribution in [0.2, 0.25) is 0 Å². The van der Waals surface area contributed by atoms with Crippen molar-refractivity contribution in [2.45, 2.75) is 7.43 Å². The lowest BCUT2D eigenvalue weighted by Gasteiger charge is -2.33. The number of imide groups is 1. The maximum Gasteiger partial charge on any atom is 0.258 e. The van der Waals surface area contributed by atoms with Crippen molar-refractivity contribution in [2.24, 2.45) is 0 Å². The lowest BCUT2D eigenvalue weighted by atomic mass is 10.5. The van der Waals surface area contributed by atoms with Gasteiger partial charge in [-0.2, -0.15) is 0 Å². The SMILES string of the molecule is C.C[N+](C)(CN1C(=O)C=CC1=O)CS(=O)(=O)[O-]. The minimum Gasteiger partial charge on any atom is -0.744 e. The quantitative estimate of drug-likeness (QED) is 0.372. The van der Waals surface area contributed by atoms with E-state index in [0.717, 1.165) is 17.1 Å². The summed E-state index contributed by atoms with van der Waals surface area (Å²) in [6.45, 7) is -0.147. The molecule has 7 nitrogen and oxygen atoms in total. The fraction of sp³-hybridized carbons (Fsp3) is 0.556. The second-order valence-corrected chi connectivity index (χ2v) is 5.58. The van der Waals surface area contributed by atoms with Crippen LogP contribution >= 0.6 is 0 Å². The molecule has 0 radical (unpaired) electrons. The smallest absolute Gasteiger partial charge is 0.258 e. The van der Waals surface area contributed by atoms with Crippen molar-refractivity contribution in [3.8, 4) is 0 Å². The summed E-state index contributed by atoms with van der Waals surface area (Å²) in [4.78, 5) is 23.3. The zero-order chi connectivity index (χ0) is 12.6. The molecule has 0 saturated carbocycles. The standard InChI is InChI=1S/C8H12N2O5S.CH4/c1-10(2,6-16(13,14)15)5-9-7(11)3-4-8(9)12;/h3-4H,5-6H2,1-2H3;1H4. The van der Waals surface area contributed by atoms with Crippen LogP contribution in [0, 0.1) is 0 Å². The number of quaternary nitrogens is 1. The largest absolute Gasteiger partial charge is 0.744 e. The Hall–Kier alpha value is -1.25. The number of rotatable bonds is 4. The third-order valence-corrected chi connectivity index (χ3v) is 2.95. The molecule has 0 N–H and O–H groups in total. The van der Waals surface area contributed by atoms with Crippen molar-refractivity contribution in [1.29, 1.82) is 0 Å². The van der Waals surface area contributed by atoms with E-state index in [1.165, 1.54) is 14.1 Å². The summed E-state index contributed by atoms with van der Waals surface area (Å²) in [6.07, 6.45) is 2.21. The highest BCUT2D eigenvalue weighted by molar-refractivity contribution is 7.85. The van der Waals surface area contributed by atoms with E-state index in [1.54, 1.807) is 0 Å². The van der Waals surface area contributed by atoms with E-state index in [9.17, 15) is 22.6 Å². The van der Waals surface area contributed by atoms with Gasteiger partial charge in [0, 0.05) is 12.2 Å². The summed E-state index contributed by atoms with van der Waals surface area (Å²) in [6, 6.07) is 0. The molecule has 0 aliphatic carbocycles. The lowest BCUT2D eigenvalue weighted by Crippen LogP contribution is -2.52. The monoisotopic (exact) mass is 264 g/mol. The number of hydrogen-bond acceptors (Lipinski definition) is 5. The molecule has 2 amide bonds. The summed E-state index contributed by atoms with van der Waals surface area (Å²) in [5.74, 6) is -1.68. The molecule has 0 atom stereocenters. The van der Waals surface area contributed by atoms with Crippen LogP contribution in [0.4, 0.5) is 0 Å². The highest BCUT2D eigenvalue weighted by Gasteiger charge is 2.31. The Morgan fingerprint density at radius 1 is 1.24 bits per heavy atom. The van der Waals surface area contributed by atoms with Crippen LogP contribution in [0.3, 0.4) is 0 Å². The van der Waals surface area contributed by atoms with Crippen LogP contribution in [0.15, 0.2) is 12.2 Å². The van der Waals surface area contributed by atoms with E-state index in [4.69, 9.17) is 0 Å². The average molecular weight is 264 g/mol. The molecule has 0 bridgehead atoms. The van der Waals surface area contributed by atoms with Gasteiger partial charge in [0.05, 0.1) is 14.1 Å². The molecule has 17 heavy (non-hydrogen) atoms. The highest BCUT2D eigenvalue weighted by Crippen LogP contribution is 2.09. The number of hydrogen-bond donors (Lipinski definition) is 0. The molecule has 8 heteroatoms. The zero-order valence-corrected chi connectivity index (χ0v) is 9.73. The van der Waals surface area contributed by atoms with Gasteiger partial charge >= 0.3 is 0 Å². The van der Waals surface area contributed by atoms with E-state index in [1.807, 2.05) is 0 Å². The first-order chi connectivity index (χ1) is 7.11. The van der Waals surface area contributed by atoms with Crippen molar-refractivity contribution < 1.29 is 27.0 Å². The summed E-state index contributed by atoms with van der Waals surface area (Å²) in [5.41, 5.74) is 0. The van der Waals surface area contributed by atoms with Crippen LogP contribution in [-0.4, -0.2) is 60.8 Å². The Morgan fingerprint density at radius 3 is 2.00 bits per heavy atom. The minimum atomic E-state index is -4.41. The molecule has 0 saturated heterocycles. The molecule has 1 aliphatic rings. The van der Waals surface area contributed by atoms with Crippen molar-refractivity contribution in [1.82, 2.24) is 4.90 Å². The molecule has 1 rings (SSSR count). The van der Waals surface area contributed by atoms with E-state index in [2.05, 4.69) is 0 Å². The maximum absolute atomic E-state index is 11.2. The first kappa shape index (κ1) is 15.8. The van der Waals surface area contributed by atoms with E-state index in [-0.39, 0.29) is 18.6 Å². The molecule has 1 aliphatic heterocycles. The average Bonchev–Trinajstić information content (AvgIpc) is 2.30. The fourth-order valence-corrected chi connectivity index (χ4v) is 2.36. The first-order valence-corrected chi connectivity index (χ1v) is 5.98. The summed E-state index contributed by atoms with van der Waals surface area (Å²) < 4.78 is 31.6. The molecule has 98 valence electrons. The number of nitrogens with zero attached hydrogens (tertiary/aromatic N) is 2. The van der Waals surface area contributed by atoms with Gasteiger partial charge in [-0.25, -0.2) is 13.3 Å². The van der Waals surface area contributed by atoms with Crippen LogP contribution < -0.4 is 0 Å². The summed E-state index contributed by atoms with van der Waals surface area (Å²) >= 11 is 0. The molecule has 1 heterocycles. The second-order valence-electron chi connectivity index (χ2n) is 4.20. The van der Waals surface area contributed by atoms with Gasteiger partial charge < -0.3 is 4.55 Å². The van der Waals surface area contributed by atoms with E-state index >= 15 is 0 Å². The molecule has 0 aromatic rings. The van der Waals surface area contributed by atoms with Crippen LogP contribution in [0.1, 0.15) is 7.43 Å². The minimum absolute atomic E-state index is 0. The van der Waals surface area contributed by atoms with Gasteiger partial charge in [0.25, 0.3) is 11.8 Å². The topological polar surface area (TPSA) is 94.6 Å². The van der Waals surface area contributed by atoms with Gasteiger partial charge in [-0.1, -0.05) is 7.43 Å². The Bertz CT molecular complexity index is 434. The molecule has 0 unspecified atom stereocenters. The zero-order valence-electron chi connectivity index (χ0n) is 8.91. The van der Waals surface area contributed by atoms with E-state index < -0.39 is 27.8 Å². The second kappa shape index (κ2) is 4.94. The number of amides is 2. The first-order valence-electron chi connectivity index (χ1n) is 4.40. The normalized spacial score (nSPS) is 16.3. The Morgan fingerprint density at radius 2 is 1.65 bits per heavy atom. The number of carbonyl (C=O) groups excluding carboxylic acids is 2. The van der Waals surface area contributed by atoms with Crippen molar-refractivity contribution in [2.75, 3.05) is 26.6 Å².